The van der Waals surface area contributed by atoms with E-state index in [9.17, 15) is 4.79 Å². The van der Waals surface area contributed by atoms with Crippen LogP contribution in [0, 0.1) is 6.92 Å². The molecule has 2 saturated heterocycles. The fourth-order valence-electron chi connectivity index (χ4n) is 3.27. The van der Waals surface area contributed by atoms with Crippen molar-refractivity contribution in [3.63, 3.8) is 0 Å². The maximum Gasteiger partial charge on any atom is 0.221 e. The van der Waals surface area contributed by atoms with Crippen molar-refractivity contribution in [2.75, 3.05) is 32.8 Å². The topological polar surface area (TPSA) is 50.8 Å². The summed E-state index contributed by atoms with van der Waals surface area (Å²) >= 11 is 0. The molecule has 1 amide bonds. The van der Waals surface area contributed by atoms with Gasteiger partial charge in [0, 0.05) is 45.4 Å². The number of ether oxygens (including phenoxy) is 2. The van der Waals surface area contributed by atoms with Crippen LogP contribution in [0.2, 0.25) is 0 Å². The standard InChI is InChI=1S/C18H26N2O3/c1-15-3-2-4-16(13-15)14-19-17(21)5-8-20-9-6-18(7-10-20)22-11-12-23-18/h2-4,13H,5-12,14H2,1H3,(H,19,21). The molecule has 1 aromatic rings. The summed E-state index contributed by atoms with van der Waals surface area (Å²) in [5.74, 6) is -0.218. The van der Waals surface area contributed by atoms with E-state index in [4.69, 9.17) is 9.47 Å². The molecule has 2 heterocycles. The molecule has 3 rings (SSSR count). The molecule has 2 aliphatic heterocycles. The SMILES string of the molecule is Cc1cccc(CNC(=O)CCN2CCC3(CC2)OCCO3)c1. The van der Waals surface area contributed by atoms with Crippen molar-refractivity contribution in [3.8, 4) is 0 Å². The van der Waals surface area contributed by atoms with Gasteiger partial charge in [0.15, 0.2) is 5.79 Å². The summed E-state index contributed by atoms with van der Waals surface area (Å²) in [7, 11) is 0. The van der Waals surface area contributed by atoms with E-state index in [1.54, 1.807) is 0 Å². The molecule has 0 unspecified atom stereocenters. The summed E-state index contributed by atoms with van der Waals surface area (Å²) in [5, 5.41) is 3.00. The molecule has 0 radical (unpaired) electrons. The number of aryl methyl sites for hydroxylation is 1. The molecular formula is C18H26N2O3. The van der Waals surface area contributed by atoms with Crippen LogP contribution in [0.1, 0.15) is 30.4 Å². The molecule has 0 bridgehead atoms. The average molecular weight is 318 g/mol. The Labute approximate surface area is 137 Å². The second-order valence-electron chi connectivity index (χ2n) is 6.47. The minimum atomic E-state index is -0.329. The van der Waals surface area contributed by atoms with E-state index < -0.39 is 0 Å². The lowest BCUT2D eigenvalue weighted by molar-refractivity contribution is -0.185. The van der Waals surface area contributed by atoms with Gasteiger partial charge in [-0.25, -0.2) is 0 Å². The Morgan fingerprint density at radius 3 is 2.70 bits per heavy atom. The van der Waals surface area contributed by atoms with Crippen molar-refractivity contribution in [3.05, 3.63) is 35.4 Å². The number of hydrogen-bond donors (Lipinski definition) is 1. The summed E-state index contributed by atoms with van der Waals surface area (Å²) in [5.41, 5.74) is 2.36. The zero-order chi connectivity index (χ0) is 16.1. The van der Waals surface area contributed by atoms with Crippen molar-refractivity contribution in [2.45, 2.75) is 38.5 Å². The highest BCUT2D eigenvalue weighted by atomic mass is 16.7. The molecule has 126 valence electrons. The Hall–Kier alpha value is -1.43. The van der Waals surface area contributed by atoms with Crippen LogP contribution in [-0.4, -0.2) is 49.4 Å². The summed E-state index contributed by atoms with van der Waals surface area (Å²) in [6.45, 7) is 6.76. The van der Waals surface area contributed by atoms with Gasteiger partial charge >= 0.3 is 0 Å². The lowest BCUT2D eigenvalue weighted by Crippen LogP contribution is -2.45. The van der Waals surface area contributed by atoms with Gasteiger partial charge in [0.05, 0.1) is 13.2 Å². The molecule has 1 spiro atoms. The first-order valence-corrected chi connectivity index (χ1v) is 8.48. The first-order valence-electron chi connectivity index (χ1n) is 8.48. The molecular weight excluding hydrogens is 292 g/mol. The predicted octanol–water partition coefficient (Wildman–Crippen LogP) is 1.84. The molecule has 1 aromatic carbocycles. The number of carbonyl (C=O) groups excluding carboxylic acids is 1. The molecule has 23 heavy (non-hydrogen) atoms. The number of likely N-dealkylation sites (tertiary alicyclic amines) is 1. The maximum atomic E-state index is 12.0. The number of nitrogens with one attached hydrogen (secondary N) is 1. The highest BCUT2D eigenvalue weighted by molar-refractivity contribution is 5.76. The summed E-state index contributed by atoms with van der Waals surface area (Å²) < 4.78 is 11.4. The van der Waals surface area contributed by atoms with Gasteiger partial charge in [-0.05, 0) is 12.5 Å². The zero-order valence-corrected chi connectivity index (χ0v) is 13.8. The second-order valence-corrected chi connectivity index (χ2v) is 6.47. The van der Waals surface area contributed by atoms with Crippen molar-refractivity contribution in [2.24, 2.45) is 0 Å². The van der Waals surface area contributed by atoms with E-state index in [0.717, 1.165) is 38.0 Å². The predicted molar refractivity (Wildman–Crippen MR) is 88.0 cm³/mol. The number of carbonyl (C=O) groups is 1. The molecule has 2 aliphatic rings. The van der Waals surface area contributed by atoms with Gasteiger partial charge in [0.2, 0.25) is 5.91 Å². The van der Waals surface area contributed by atoms with Crippen LogP contribution >= 0.6 is 0 Å². The van der Waals surface area contributed by atoms with Crippen LogP contribution in [0.15, 0.2) is 24.3 Å². The number of piperidine rings is 1. The van der Waals surface area contributed by atoms with Gasteiger partial charge in [0.25, 0.3) is 0 Å². The average Bonchev–Trinajstić information content (AvgIpc) is 3.01. The van der Waals surface area contributed by atoms with Gasteiger partial charge in [0.1, 0.15) is 0 Å². The summed E-state index contributed by atoms with van der Waals surface area (Å²) in [6.07, 6.45) is 2.34. The van der Waals surface area contributed by atoms with Crippen LogP contribution in [-0.2, 0) is 20.8 Å². The molecule has 0 saturated carbocycles. The number of benzene rings is 1. The van der Waals surface area contributed by atoms with Crippen LogP contribution in [0.5, 0.6) is 0 Å². The van der Waals surface area contributed by atoms with E-state index in [1.165, 1.54) is 5.56 Å². The normalized spacial score (nSPS) is 20.7. The Balaban J connectivity index is 1.35. The monoisotopic (exact) mass is 318 g/mol. The van der Waals surface area contributed by atoms with Gasteiger partial charge in [-0.15, -0.1) is 0 Å². The Morgan fingerprint density at radius 1 is 1.26 bits per heavy atom. The van der Waals surface area contributed by atoms with Crippen molar-refractivity contribution < 1.29 is 14.3 Å². The molecule has 0 aliphatic carbocycles. The lowest BCUT2D eigenvalue weighted by Gasteiger charge is -2.37. The molecule has 5 nitrogen and oxygen atoms in total. The summed E-state index contributed by atoms with van der Waals surface area (Å²) in [4.78, 5) is 14.3. The summed E-state index contributed by atoms with van der Waals surface area (Å²) in [6, 6.07) is 8.23. The highest BCUT2D eigenvalue weighted by Gasteiger charge is 2.39. The van der Waals surface area contributed by atoms with Crippen molar-refractivity contribution in [1.29, 1.82) is 0 Å². The first-order chi connectivity index (χ1) is 11.2. The van der Waals surface area contributed by atoms with Gasteiger partial charge in [-0.3, -0.25) is 4.79 Å². The fourth-order valence-corrected chi connectivity index (χ4v) is 3.27. The minimum Gasteiger partial charge on any atom is -0.352 e. The molecule has 0 aromatic heterocycles. The molecule has 1 N–H and O–H groups in total. The van der Waals surface area contributed by atoms with Gasteiger partial charge in [-0.2, -0.15) is 0 Å². The third-order valence-corrected chi connectivity index (χ3v) is 4.66. The quantitative estimate of drug-likeness (QED) is 0.900. The van der Waals surface area contributed by atoms with Gasteiger partial charge < -0.3 is 19.7 Å². The molecule has 5 heteroatoms. The Bertz CT molecular complexity index is 531. The third-order valence-electron chi connectivity index (χ3n) is 4.66. The smallest absolute Gasteiger partial charge is 0.221 e. The zero-order valence-electron chi connectivity index (χ0n) is 13.8. The fraction of sp³-hybridized carbons (Fsp3) is 0.611. The second kappa shape index (κ2) is 7.43. The maximum absolute atomic E-state index is 12.0. The van der Waals surface area contributed by atoms with Crippen LogP contribution in [0.3, 0.4) is 0 Å². The number of rotatable bonds is 5. The molecule has 2 fully saturated rings. The lowest BCUT2D eigenvalue weighted by atomic mass is 10.0. The minimum absolute atomic E-state index is 0.111. The van der Waals surface area contributed by atoms with Gasteiger partial charge in [-0.1, -0.05) is 29.8 Å². The number of hydrogen-bond acceptors (Lipinski definition) is 4. The van der Waals surface area contributed by atoms with Crippen LogP contribution < -0.4 is 5.32 Å². The number of nitrogens with zero attached hydrogens (tertiary/aromatic N) is 1. The Morgan fingerprint density at radius 2 is 2.00 bits per heavy atom. The van der Waals surface area contributed by atoms with E-state index in [0.29, 0.717) is 26.2 Å². The van der Waals surface area contributed by atoms with E-state index in [1.807, 2.05) is 12.1 Å². The van der Waals surface area contributed by atoms with Crippen molar-refractivity contribution in [1.82, 2.24) is 10.2 Å². The number of amides is 1. The third kappa shape index (κ3) is 4.53. The van der Waals surface area contributed by atoms with E-state index in [-0.39, 0.29) is 11.7 Å². The van der Waals surface area contributed by atoms with Crippen molar-refractivity contribution >= 4 is 5.91 Å². The van der Waals surface area contributed by atoms with E-state index >= 15 is 0 Å². The largest absolute Gasteiger partial charge is 0.352 e. The first kappa shape index (κ1) is 16.4. The molecule has 0 atom stereocenters. The highest BCUT2D eigenvalue weighted by Crippen LogP contribution is 2.31. The van der Waals surface area contributed by atoms with Crippen LogP contribution in [0.25, 0.3) is 0 Å². The Kier molecular flexibility index (Phi) is 5.30. The van der Waals surface area contributed by atoms with E-state index in [2.05, 4.69) is 29.3 Å². The van der Waals surface area contributed by atoms with Crippen LogP contribution in [0.4, 0.5) is 0 Å².